The number of ether oxygens (including phenoxy) is 1. The van der Waals surface area contributed by atoms with E-state index in [1.165, 1.54) is 6.33 Å². The van der Waals surface area contributed by atoms with Gasteiger partial charge < -0.3 is 21.5 Å². The van der Waals surface area contributed by atoms with E-state index in [9.17, 15) is 4.79 Å². The van der Waals surface area contributed by atoms with Crippen molar-refractivity contribution in [1.29, 1.82) is 0 Å². The molecule has 0 spiro atoms. The molecule has 0 saturated carbocycles. The van der Waals surface area contributed by atoms with Gasteiger partial charge in [-0.25, -0.2) is 9.97 Å². The molecule has 0 saturated heterocycles. The van der Waals surface area contributed by atoms with Crippen molar-refractivity contribution in [3.8, 4) is 5.75 Å². The highest BCUT2D eigenvalue weighted by molar-refractivity contribution is 6.07. The summed E-state index contributed by atoms with van der Waals surface area (Å²) in [5.41, 5.74) is 14.7. The van der Waals surface area contributed by atoms with Gasteiger partial charge in [-0.3, -0.25) is 4.79 Å². The highest BCUT2D eigenvalue weighted by Crippen LogP contribution is 2.31. The van der Waals surface area contributed by atoms with E-state index in [-0.39, 0.29) is 17.6 Å². The van der Waals surface area contributed by atoms with E-state index >= 15 is 0 Å². The van der Waals surface area contributed by atoms with Crippen molar-refractivity contribution in [2.75, 3.05) is 5.32 Å². The molecule has 0 fully saturated rings. The van der Waals surface area contributed by atoms with E-state index in [0.29, 0.717) is 29.1 Å². The Morgan fingerprint density at radius 2 is 1.72 bits per heavy atom. The Kier molecular flexibility index (Phi) is 6.28. The molecule has 0 aliphatic carbocycles. The molecular weight excluding hydrogens is 402 g/mol. The minimum atomic E-state index is -0.586. The predicted molar refractivity (Wildman–Crippen MR) is 125 cm³/mol. The zero-order chi connectivity index (χ0) is 22.5. The number of hydrogen-bond acceptors (Lipinski definition) is 6. The van der Waals surface area contributed by atoms with Crippen molar-refractivity contribution in [3.63, 3.8) is 0 Å². The maximum Gasteiger partial charge on any atom is 0.251 e. The molecule has 0 aliphatic heterocycles. The molecule has 4 rings (SSSR count). The van der Waals surface area contributed by atoms with Gasteiger partial charge in [-0.2, -0.15) is 0 Å². The van der Waals surface area contributed by atoms with Crippen LogP contribution in [0.3, 0.4) is 0 Å². The van der Waals surface area contributed by atoms with E-state index in [2.05, 4.69) is 15.3 Å². The maximum absolute atomic E-state index is 12.2. The fourth-order valence-corrected chi connectivity index (χ4v) is 3.59. The lowest BCUT2D eigenvalue weighted by atomic mass is 10.0. The second-order valence-electron chi connectivity index (χ2n) is 7.62. The van der Waals surface area contributed by atoms with E-state index in [0.717, 1.165) is 11.1 Å². The number of primary amides is 1. The lowest BCUT2D eigenvalue weighted by molar-refractivity contribution is 0.100. The molecule has 1 amide bonds. The fraction of sp³-hybridized carbons (Fsp3) is 0.160. The number of amides is 1. The molecule has 4 aromatic rings. The van der Waals surface area contributed by atoms with Crippen molar-refractivity contribution in [2.45, 2.75) is 25.6 Å². The molecule has 32 heavy (non-hydrogen) atoms. The Balaban J connectivity index is 1.74. The summed E-state index contributed by atoms with van der Waals surface area (Å²) < 4.78 is 5.97. The monoisotopic (exact) mass is 427 g/mol. The van der Waals surface area contributed by atoms with Crippen LogP contribution in [0.1, 0.15) is 34.5 Å². The zero-order valence-corrected chi connectivity index (χ0v) is 17.7. The normalized spacial score (nSPS) is 12.8. The first kappa shape index (κ1) is 21.3. The number of hydrogen-bond donors (Lipinski definition) is 3. The Hall–Kier alpha value is -3.97. The second-order valence-corrected chi connectivity index (χ2v) is 7.62. The molecule has 1 aromatic heterocycles. The van der Waals surface area contributed by atoms with Crippen LogP contribution in [-0.4, -0.2) is 21.9 Å². The van der Waals surface area contributed by atoms with Gasteiger partial charge in [0.25, 0.3) is 5.91 Å². The van der Waals surface area contributed by atoms with Crippen LogP contribution in [0, 0.1) is 0 Å². The first-order valence-electron chi connectivity index (χ1n) is 10.4. The summed E-state index contributed by atoms with van der Waals surface area (Å²) in [6, 6.07) is 22.7. The van der Waals surface area contributed by atoms with Gasteiger partial charge in [0.15, 0.2) is 0 Å². The van der Waals surface area contributed by atoms with Gasteiger partial charge in [-0.05, 0) is 30.2 Å². The van der Waals surface area contributed by atoms with Crippen molar-refractivity contribution in [1.82, 2.24) is 9.97 Å². The minimum Gasteiger partial charge on any atom is -0.489 e. The lowest BCUT2D eigenvalue weighted by Crippen LogP contribution is -2.30. The minimum absolute atomic E-state index is 0.194. The summed E-state index contributed by atoms with van der Waals surface area (Å²) in [5.74, 6) is 0.468. The third kappa shape index (κ3) is 4.68. The molecule has 7 nitrogen and oxygen atoms in total. The summed E-state index contributed by atoms with van der Waals surface area (Å²) in [6.07, 6.45) is 1.41. The largest absolute Gasteiger partial charge is 0.489 e. The number of rotatable bonds is 8. The number of anilines is 1. The van der Waals surface area contributed by atoms with Crippen molar-refractivity contribution in [3.05, 3.63) is 95.8 Å². The number of benzene rings is 3. The smallest absolute Gasteiger partial charge is 0.251 e. The topological polar surface area (TPSA) is 116 Å². The quantitative estimate of drug-likeness (QED) is 0.394. The van der Waals surface area contributed by atoms with Crippen LogP contribution in [0.4, 0.5) is 5.82 Å². The van der Waals surface area contributed by atoms with E-state index in [1.807, 2.05) is 73.7 Å². The highest BCUT2D eigenvalue weighted by atomic mass is 16.5. The van der Waals surface area contributed by atoms with Crippen LogP contribution in [0.25, 0.3) is 10.9 Å². The molecule has 3 aromatic carbocycles. The maximum atomic E-state index is 12.2. The van der Waals surface area contributed by atoms with Gasteiger partial charge in [-0.1, -0.05) is 60.7 Å². The van der Waals surface area contributed by atoms with Crippen LogP contribution in [0.15, 0.2) is 79.1 Å². The van der Waals surface area contributed by atoms with Gasteiger partial charge in [0.1, 0.15) is 24.5 Å². The SMILES string of the molecule is CC(N)C(Nc1ncnc2c(C(N)=O)cc(OCc3ccccc3)cc12)c1ccccc1. The average Bonchev–Trinajstić information content (AvgIpc) is 2.81. The third-order valence-corrected chi connectivity index (χ3v) is 5.20. The molecule has 162 valence electrons. The summed E-state index contributed by atoms with van der Waals surface area (Å²) in [7, 11) is 0. The first-order valence-corrected chi connectivity index (χ1v) is 10.4. The zero-order valence-electron chi connectivity index (χ0n) is 17.7. The van der Waals surface area contributed by atoms with Crippen LogP contribution < -0.4 is 21.5 Å². The van der Waals surface area contributed by atoms with Crippen molar-refractivity contribution < 1.29 is 9.53 Å². The summed E-state index contributed by atoms with van der Waals surface area (Å²) in [6.45, 7) is 2.28. The van der Waals surface area contributed by atoms with Gasteiger partial charge in [0.2, 0.25) is 0 Å². The Morgan fingerprint density at radius 3 is 2.38 bits per heavy atom. The van der Waals surface area contributed by atoms with Crippen molar-refractivity contribution in [2.24, 2.45) is 11.5 Å². The van der Waals surface area contributed by atoms with Crippen LogP contribution in [0.5, 0.6) is 5.75 Å². The summed E-state index contributed by atoms with van der Waals surface area (Å²) >= 11 is 0. The average molecular weight is 428 g/mol. The Morgan fingerprint density at radius 1 is 1.03 bits per heavy atom. The molecular formula is C25H25N5O2. The molecule has 7 heteroatoms. The third-order valence-electron chi connectivity index (χ3n) is 5.20. The van der Waals surface area contributed by atoms with Gasteiger partial charge in [-0.15, -0.1) is 0 Å². The fourth-order valence-electron chi connectivity index (χ4n) is 3.59. The molecule has 0 aliphatic rings. The van der Waals surface area contributed by atoms with Crippen LogP contribution >= 0.6 is 0 Å². The summed E-state index contributed by atoms with van der Waals surface area (Å²) in [5, 5.41) is 4.05. The van der Waals surface area contributed by atoms with Crippen LogP contribution in [-0.2, 0) is 6.61 Å². The number of carbonyl (C=O) groups is 1. The van der Waals surface area contributed by atoms with Gasteiger partial charge in [0, 0.05) is 11.4 Å². The molecule has 2 unspecified atom stereocenters. The van der Waals surface area contributed by atoms with Crippen LogP contribution in [0.2, 0.25) is 0 Å². The molecule has 2 atom stereocenters. The summed E-state index contributed by atoms with van der Waals surface area (Å²) in [4.78, 5) is 20.9. The Labute approximate surface area is 186 Å². The van der Waals surface area contributed by atoms with Crippen molar-refractivity contribution >= 4 is 22.6 Å². The van der Waals surface area contributed by atoms with E-state index in [4.69, 9.17) is 16.2 Å². The van der Waals surface area contributed by atoms with E-state index in [1.54, 1.807) is 6.07 Å². The van der Waals surface area contributed by atoms with Gasteiger partial charge >= 0.3 is 0 Å². The molecule has 1 heterocycles. The predicted octanol–water partition coefficient (Wildman–Crippen LogP) is 3.81. The Bertz CT molecular complexity index is 1210. The number of nitrogens with two attached hydrogens (primary N) is 2. The number of nitrogens with zero attached hydrogens (tertiary/aromatic N) is 2. The number of nitrogens with one attached hydrogen (secondary N) is 1. The number of fused-ring (bicyclic) bond motifs is 1. The number of aromatic nitrogens is 2. The first-order chi connectivity index (χ1) is 15.5. The second kappa shape index (κ2) is 9.45. The number of carbonyl (C=O) groups excluding carboxylic acids is 1. The molecule has 0 radical (unpaired) electrons. The standard InChI is InChI=1S/C25H25N5O2/c1-16(26)22(18-10-6-3-7-11-18)30-25-21-13-19(32-14-17-8-4-2-5-9-17)12-20(24(27)31)23(21)28-15-29-25/h2-13,15-16,22H,14,26H2,1H3,(H2,27,31)(H,28,29,30). The van der Waals surface area contributed by atoms with Gasteiger partial charge in [0.05, 0.1) is 17.1 Å². The molecule has 0 bridgehead atoms. The van der Waals surface area contributed by atoms with E-state index < -0.39 is 5.91 Å². The lowest BCUT2D eigenvalue weighted by Gasteiger charge is -2.24. The highest BCUT2D eigenvalue weighted by Gasteiger charge is 2.20. The molecule has 5 N–H and O–H groups in total.